The van der Waals surface area contributed by atoms with Gasteiger partial charge in [0.25, 0.3) is 5.69 Å². The topological polar surface area (TPSA) is 97.5 Å². The van der Waals surface area contributed by atoms with E-state index < -0.39 is 22.5 Å². The zero-order valence-electron chi connectivity index (χ0n) is 9.08. The highest BCUT2D eigenvalue weighted by Crippen LogP contribution is 2.44. The molecule has 100 valence electrons. The molecule has 0 amide bonds. The molecule has 0 bridgehead atoms. The van der Waals surface area contributed by atoms with E-state index in [1.807, 2.05) is 0 Å². The maximum atomic E-state index is 11.5. The monoisotopic (exact) mass is 449 g/mol. The molecule has 1 N–H and O–H groups in total. The van der Waals surface area contributed by atoms with Crippen molar-refractivity contribution in [3.05, 3.63) is 39.9 Å². The van der Waals surface area contributed by atoms with Gasteiger partial charge in [0.15, 0.2) is 9.84 Å². The van der Waals surface area contributed by atoms with E-state index in [2.05, 4.69) is 15.9 Å². The molecule has 0 radical (unpaired) electrons. The first kappa shape index (κ1) is 15.8. The van der Waals surface area contributed by atoms with Crippen molar-refractivity contribution in [1.82, 2.24) is 0 Å². The zero-order chi connectivity index (χ0) is 14.1. The van der Waals surface area contributed by atoms with Crippen LogP contribution in [0.1, 0.15) is 11.7 Å². The average Bonchev–Trinajstić information content (AvgIpc) is 2.26. The molecule has 1 aromatic rings. The molecule has 18 heavy (non-hydrogen) atoms. The van der Waals surface area contributed by atoms with Crippen LogP contribution in [0, 0.1) is 10.1 Å². The molecule has 0 heterocycles. The van der Waals surface area contributed by atoms with Crippen LogP contribution in [0.15, 0.2) is 24.3 Å². The van der Waals surface area contributed by atoms with Crippen LogP contribution in [0.4, 0.5) is 5.69 Å². The lowest BCUT2D eigenvalue weighted by atomic mass is 10.1. The predicted molar refractivity (Wildman–Crippen MR) is 78.6 cm³/mol. The van der Waals surface area contributed by atoms with Gasteiger partial charge in [-0.2, -0.15) is 0 Å². The number of benzene rings is 1. The number of halogens is 2. The van der Waals surface area contributed by atoms with Crippen molar-refractivity contribution in [2.75, 3.05) is 6.26 Å². The lowest BCUT2D eigenvalue weighted by Crippen LogP contribution is -2.31. The smallest absolute Gasteiger partial charge is 0.269 e. The third kappa shape index (κ3) is 3.19. The number of alkyl halides is 2. The second-order valence-electron chi connectivity index (χ2n) is 3.59. The molecule has 2 atom stereocenters. The van der Waals surface area contributed by atoms with E-state index in [9.17, 15) is 23.6 Å². The molecule has 0 aliphatic carbocycles. The summed E-state index contributed by atoms with van der Waals surface area (Å²) in [6.07, 6.45) is -0.350. The summed E-state index contributed by atoms with van der Waals surface area (Å²) in [4.78, 5) is 9.90. The van der Waals surface area contributed by atoms with Crippen LogP contribution in [-0.2, 0) is 9.84 Å². The largest absolute Gasteiger partial charge is 0.385 e. The zero-order valence-corrected chi connectivity index (χ0v) is 13.6. The van der Waals surface area contributed by atoms with Crippen LogP contribution in [0.5, 0.6) is 0 Å². The summed E-state index contributed by atoms with van der Waals surface area (Å²) in [5.41, 5.74) is 0.149. The molecule has 0 spiro atoms. The van der Waals surface area contributed by atoms with Crippen molar-refractivity contribution >= 4 is 54.0 Å². The second-order valence-corrected chi connectivity index (χ2v) is 11.5. The SMILES string of the molecule is CS(=O)(=O)[C@@](Br)(I)[C@H](O)c1ccc([N+](=O)[O-])cc1. The first-order valence-electron chi connectivity index (χ1n) is 4.57. The van der Waals surface area contributed by atoms with Crippen LogP contribution in [0.2, 0.25) is 0 Å². The van der Waals surface area contributed by atoms with Crippen LogP contribution < -0.4 is 0 Å². The number of hydrogen-bond donors (Lipinski definition) is 1. The van der Waals surface area contributed by atoms with Gasteiger partial charge in [-0.3, -0.25) is 10.1 Å². The number of aliphatic hydroxyl groups excluding tert-OH is 1. The van der Waals surface area contributed by atoms with Gasteiger partial charge in [0.2, 0.25) is 1.66 Å². The second kappa shape index (κ2) is 5.39. The minimum absolute atomic E-state index is 0.126. The maximum absolute atomic E-state index is 11.5. The van der Waals surface area contributed by atoms with Gasteiger partial charge in [-0.1, -0.05) is 15.9 Å². The van der Waals surface area contributed by atoms with Crippen LogP contribution in [0.25, 0.3) is 0 Å². The van der Waals surface area contributed by atoms with Crippen LogP contribution in [0.3, 0.4) is 0 Å². The predicted octanol–water partition coefficient (Wildman–Crippen LogP) is 2.16. The number of sulfone groups is 1. The van der Waals surface area contributed by atoms with Crippen LogP contribution >= 0.6 is 38.5 Å². The standard InChI is InChI=1S/C9H9BrINO5S/c1-18(16,17)9(10,11)8(13)6-2-4-7(5-3-6)12(14)15/h2-5,8,13H,1H3/t8-,9+/m1/s1. The number of hydrogen-bond acceptors (Lipinski definition) is 5. The van der Waals surface area contributed by atoms with E-state index in [1.54, 1.807) is 22.6 Å². The van der Waals surface area contributed by atoms with Gasteiger partial charge in [-0.05, 0) is 40.3 Å². The molecule has 9 heteroatoms. The Morgan fingerprint density at radius 3 is 2.22 bits per heavy atom. The quantitative estimate of drug-likeness (QED) is 0.328. The Kier molecular flexibility index (Phi) is 4.73. The van der Waals surface area contributed by atoms with Crippen molar-refractivity contribution in [1.29, 1.82) is 0 Å². The number of nitrogens with zero attached hydrogens (tertiary/aromatic N) is 1. The van der Waals surface area contributed by atoms with E-state index in [0.717, 1.165) is 6.26 Å². The highest BCUT2D eigenvalue weighted by atomic mass is 127. The average molecular weight is 450 g/mol. The Bertz CT molecular complexity index is 557. The van der Waals surface area contributed by atoms with Gasteiger partial charge in [0.05, 0.1) is 4.92 Å². The third-order valence-electron chi connectivity index (χ3n) is 2.23. The van der Waals surface area contributed by atoms with E-state index in [0.29, 0.717) is 0 Å². The minimum atomic E-state index is -3.56. The van der Waals surface area contributed by atoms with Gasteiger partial charge in [0, 0.05) is 18.4 Å². The summed E-state index contributed by atoms with van der Waals surface area (Å²) in [5.74, 6) is 0. The molecule has 0 unspecified atom stereocenters. The summed E-state index contributed by atoms with van der Waals surface area (Å²) in [7, 11) is -3.56. The highest BCUT2D eigenvalue weighted by molar-refractivity contribution is 14.1. The molecule has 0 saturated heterocycles. The first-order chi connectivity index (χ1) is 8.07. The molecular weight excluding hydrogens is 441 g/mol. The summed E-state index contributed by atoms with van der Waals surface area (Å²) in [6.45, 7) is 0. The van der Waals surface area contributed by atoms with Crippen molar-refractivity contribution in [3.63, 3.8) is 0 Å². The fraction of sp³-hybridized carbons (Fsp3) is 0.333. The number of rotatable bonds is 4. The molecule has 6 nitrogen and oxygen atoms in total. The number of aliphatic hydroxyl groups is 1. The van der Waals surface area contributed by atoms with Gasteiger partial charge in [-0.15, -0.1) is 0 Å². The minimum Gasteiger partial charge on any atom is -0.385 e. The van der Waals surface area contributed by atoms with Gasteiger partial charge < -0.3 is 5.11 Å². The van der Waals surface area contributed by atoms with Gasteiger partial charge in [-0.25, -0.2) is 8.42 Å². The van der Waals surface area contributed by atoms with Gasteiger partial charge in [0.1, 0.15) is 6.10 Å². The fourth-order valence-electron chi connectivity index (χ4n) is 1.18. The maximum Gasteiger partial charge on any atom is 0.269 e. The number of nitro groups is 1. The van der Waals surface area contributed by atoms with Crippen molar-refractivity contribution in [2.45, 2.75) is 7.77 Å². The van der Waals surface area contributed by atoms with E-state index >= 15 is 0 Å². The Morgan fingerprint density at radius 1 is 1.44 bits per heavy atom. The van der Waals surface area contributed by atoms with E-state index in [4.69, 9.17) is 0 Å². The summed E-state index contributed by atoms with van der Waals surface area (Å²) in [6, 6.07) is 5.06. The molecule has 0 aliphatic rings. The molecule has 0 fully saturated rings. The molecule has 0 aromatic heterocycles. The molecule has 1 rings (SSSR count). The Hall–Kier alpha value is -0.260. The van der Waals surface area contributed by atoms with E-state index in [1.165, 1.54) is 24.3 Å². The summed E-state index contributed by atoms with van der Waals surface area (Å²) in [5, 5.41) is 20.5. The lowest BCUT2D eigenvalue weighted by Gasteiger charge is -2.24. The highest BCUT2D eigenvalue weighted by Gasteiger charge is 2.43. The van der Waals surface area contributed by atoms with Crippen LogP contribution in [-0.4, -0.2) is 26.4 Å². The molecular formula is C9H9BrINO5S. The summed E-state index contributed by atoms with van der Waals surface area (Å²) < 4.78 is 21.5. The fourth-order valence-corrected chi connectivity index (χ4v) is 2.34. The molecule has 0 aliphatic heterocycles. The third-order valence-corrected chi connectivity index (χ3v) is 8.63. The number of nitro benzene ring substituents is 1. The number of non-ortho nitro benzene ring substituents is 1. The molecule has 1 aromatic carbocycles. The van der Waals surface area contributed by atoms with E-state index in [-0.39, 0.29) is 11.3 Å². The molecule has 0 saturated carbocycles. The van der Waals surface area contributed by atoms with Gasteiger partial charge >= 0.3 is 0 Å². The summed E-state index contributed by atoms with van der Waals surface area (Å²) >= 11 is 4.55. The Labute approximate surface area is 126 Å². The van der Waals surface area contributed by atoms with Crippen molar-refractivity contribution in [3.8, 4) is 0 Å². The Balaban J connectivity index is 3.12. The first-order valence-corrected chi connectivity index (χ1v) is 8.33. The lowest BCUT2D eigenvalue weighted by molar-refractivity contribution is -0.384. The normalized spacial score (nSPS) is 16.9. The van der Waals surface area contributed by atoms with Crippen molar-refractivity contribution < 1.29 is 18.4 Å². The van der Waals surface area contributed by atoms with Crippen molar-refractivity contribution in [2.24, 2.45) is 0 Å². The Morgan fingerprint density at radius 2 is 1.89 bits per heavy atom.